The minimum absolute atomic E-state index is 0.218. The van der Waals surface area contributed by atoms with Crippen molar-refractivity contribution in [3.63, 3.8) is 0 Å². The number of ether oxygens (including phenoxy) is 2. The average molecular weight is 400 g/mol. The first-order chi connectivity index (χ1) is 13.4. The van der Waals surface area contributed by atoms with E-state index in [4.69, 9.17) is 15.9 Å². The monoisotopic (exact) mass is 400 g/mol. The van der Waals surface area contributed by atoms with Crippen molar-refractivity contribution in [2.75, 3.05) is 0 Å². The van der Waals surface area contributed by atoms with Crippen LogP contribution in [-0.4, -0.2) is 39.7 Å². The fourth-order valence-electron chi connectivity index (χ4n) is 4.02. The maximum atomic E-state index is 10.7. The molecule has 2 aliphatic heterocycles. The summed E-state index contributed by atoms with van der Waals surface area (Å²) in [5.74, 6) is 1.25. The molecule has 3 heterocycles. The number of aryl methyl sites for hydroxylation is 1. The average Bonchev–Trinajstić information content (AvgIpc) is 3.29. The molecular formula is C22H24O5S. The standard InChI is InChI=1S/C22H24O5S/c1-4-13-8-15-11-26-22(21(25)20(24)19(23)12(3)27-22)18(15)10-14(13)9-17-7-6-16(5-2)28-17/h1,6-8,10,12,19-21,23-25H,5,9,11H2,2-3H3/t12-,19-,20+,21-,22+/m1/s1. The maximum Gasteiger partial charge on any atom is 0.225 e. The van der Waals surface area contributed by atoms with Crippen LogP contribution in [0.25, 0.3) is 0 Å². The molecule has 0 unspecified atom stereocenters. The Kier molecular flexibility index (Phi) is 5.09. The predicted molar refractivity (Wildman–Crippen MR) is 106 cm³/mol. The summed E-state index contributed by atoms with van der Waals surface area (Å²) in [6.07, 6.45) is 2.77. The molecule has 0 aliphatic carbocycles. The Morgan fingerprint density at radius 2 is 1.96 bits per heavy atom. The van der Waals surface area contributed by atoms with E-state index >= 15 is 0 Å². The van der Waals surface area contributed by atoms with Gasteiger partial charge in [-0.15, -0.1) is 17.8 Å². The van der Waals surface area contributed by atoms with Crippen molar-refractivity contribution in [1.82, 2.24) is 0 Å². The van der Waals surface area contributed by atoms with Crippen molar-refractivity contribution < 1.29 is 24.8 Å². The topological polar surface area (TPSA) is 79.2 Å². The van der Waals surface area contributed by atoms with E-state index in [-0.39, 0.29) is 6.61 Å². The molecule has 2 aliphatic rings. The zero-order valence-electron chi connectivity index (χ0n) is 15.9. The van der Waals surface area contributed by atoms with Gasteiger partial charge in [-0.3, -0.25) is 0 Å². The lowest BCUT2D eigenvalue weighted by Gasteiger charge is -2.45. The van der Waals surface area contributed by atoms with Crippen LogP contribution in [-0.2, 0) is 34.7 Å². The molecule has 1 fully saturated rings. The number of fused-ring (bicyclic) bond motifs is 2. The third kappa shape index (κ3) is 3.00. The van der Waals surface area contributed by atoms with Crippen LogP contribution < -0.4 is 0 Å². The summed E-state index contributed by atoms with van der Waals surface area (Å²) in [6.45, 7) is 4.00. The summed E-state index contributed by atoms with van der Waals surface area (Å²) in [4.78, 5) is 2.52. The van der Waals surface area contributed by atoms with E-state index < -0.39 is 30.2 Å². The molecule has 0 saturated carbocycles. The fraction of sp³-hybridized carbons (Fsp3) is 0.455. The molecule has 1 spiro atoms. The molecule has 6 heteroatoms. The third-order valence-corrected chi connectivity index (χ3v) is 6.87. The number of benzene rings is 1. The Labute approximate surface area is 168 Å². The van der Waals surface area contributed by atoms with E-state index in [0.29, 0.717) is 12.0 Å². The number of aliphatic hydroxyl groups excluding tert-OH is 3. The zero-order valence-corrected chi connectivity index (χ0v) is 16.7. The Bertz CT molecular complexity index is 929. The van der Waals surface area contributed by atoms with Crippen molar-refractivity contribution in [3.05, 3.63) is 56.3 Å². The molecule has 28 heavy (non-hydrogen) atoms. The maximum absolute atomic E-state index is 10.7. The molecule has 2 aromatic rings. The van der Waals surface area contributed by atoms with Gasteiger partial charge in [0.15, 0.2) is 0 Å². The van der Waals surface area contributed by atoms with Crippen LogP contribution in [0.4, 0.5) is 0 Å². The summed E-state index contributed by atoms with van der Waals surface area (Å²) in [5, 5.41) is 31.1. The highest BCUT2D eigenvalue weighted by atomic mass is 32.1. The molecule has 5 nitrogen and oxygen atoms in total. The Morgan fingerprint density at radius 1 is 1.21 bits per heavy atom. The smallest absolute Gasteiger partial charge is 0.225 e. The summed E-state index contributed by atoms with van der Waals surface area (Å²) >= 11 is 1.76. The second-order valence-electron chi connectivity index (χ2n) is 7.41. The van der Waals surface area contributed by atoms with Gasteiger partial charge < -0.3 is 24.8 Å². The van der Waals surface area contributed by atoms with Crippen LogP contribution in [0.3, 0.4) is 0 Å². The first-order valence-corrected chi connectivity index (χ1v) is 10.3. The van der Waals surface area contributed by atoms with Crippen LogP contribution in [0.15, 0.2) is 24.3 Å². The zero-order chi connectivity index (χ0) is 20.1. The molecule has 148 valence electrons. The number of rotatable bonds is 3. The summed E-state index contributed by atoms with van der Waals surface area (Å²) in [7, 11) is 0. The molecule has 4 rings (SSSR count). The second-order valence-corrected chi connectivity index (χ2v) is 8.67. The lowest BCUT2D eigenvalue weighted by Crippen LogP contribution is -2.62. The fourth-order valence-corrected chi connectivity index (χ4v) is 5.00. The van der Waals surface area contributed by atoms with Gasteiger partial charge in [-0.1, -0.05) is 12.8 Å². The van der Waals surface area contributed by atoms with Crippen LogP contribution in [0.5, 0.6) is 0 Å². The Balaban J connectivity index is 1.76. The van der Waals surface area contributed by atoms with Gasteiger partial charge in [-0.05, 0) is 48.7 Å². The summed E-state index contributed by atoms with van der Waals surface area (Å²) < 4.78 is 11.8. The normalized spacial score (nSPS) is 31.7. The highest BCUT2D eigenvalue weighted by Gasteiger charge is 2.57. The first kappa shape index (κ1) is 19.6. The number of hydrogen-bond donors (Lipinski definition) is 3. The van der Waals surface area contributed by atoms with E-state index in [1.165, 1.54) is 9.75 Å². The molecule has 0 radical (unpaired) electrons. The first-order valence-electron chi connectivity index (χ1n) is 9.46. The van der Waals surface area contributed by atoms with Gasteiger partial charge in [0, 0.05) is 27.3 Å². The van der Waals surface area contributed by atoms with Crippen molar-refractivity contribution in [2.24, 2.45) is 0 Å². The van der Waals surface area contributed by atoms with Crippen LogP contribution in [0, 0.1) is 12.3 Å². The summed E-state index contributed by atoms with van der Waals surface area (Å²) in [5.41, 5.74) is 3.22. The van der Waals surface area contributed by atoms with E-state index in [1.807, 2.05) is 12.1 Å². The molecule has 1 aromatic carbocycles. The second kappa shape index (κ2) is 7.27. The number of hydrogen-bond acceptors (Lipinski definition) is 6. The van der Waals surface area contributed by atoms with Crippen molar-refractivity contribution in [3.8, 4) is 12.3 Å². The molecule has 5 atom stereocenters. The number of aliphatic hydroxyl groups is 3. The highest BCUT2D eigenvalue weighted by Crippen LogP contribution is 2.46. The van der Waals surface area contributed by atoms with Crippen molar-refractivity contribution in [1.29, 1.82) is 0 Å². The quantitative estimate of drug-likeness (QED) is 0.688. The van der Waals surface area contributed by atoms with Gasteiger partial charge >= 0.3 is 0 Å². The summed E-state index contributed by atoms with van der Waals surface area (Å²) in [6, 6.07) is 8.05. The Hall–Kier alpha value is -1.72. The number of thiophene rings is 1. The lowest BCUT2D eigenvalue weighted by atomic mass is 9.86. The number of terminal acetylenes is 1. The van der Waals surface area contributed by atoms with Crippen molar-refractivity contribution >= 4 is 11.3 Å². The van der Waals surface area contributed by atoms with E-state index in [2.05, 4.69) is 25.0 Å². The van der Waals surface area contributed by atoms with E-state index in [9.17, 15) is 15.3 Å². The van der Waals surface area contributed by atoms with Gasteiger partial charge in [0.25, 0.3) is 0 Å². The molecule has 3 N–H and O–H groups in total. The minimum Gasteiger partial charge on any atom is -0.388 e. The van der Waals surface area contributed by atoms with Gasteiger partial charge in [0.2, 0.25) is 5.79 Å². The van der Waals surface area contributed by atoms with Gasteiger partial charge in [-0.2, -0.15) is 0 Å². The molecule has 0 amide bonds. The minimum atomic E-state index is -1.50. The highest BCUT2D eigenvalue weighted by molar-refractivity contribution is 7.12. The molecular weight excluding hydrogens is 376 g/mol. The van der Waals surface area contributed by atoms with Crippen molar-refractivity contribution in [2.45, 2.75) is 63.5 Å². The predicted octanol–water partition coefficient (Wildman–Crippen LogP) is 2.07. The van der Waals surface area contributed by atoms with Crippen LogP contribution >= 0.6 is 11.3 Å². The molecule has 0 bridgehead atoms. The van der Waals surface area contributed by atoms with Gasteiger partial charge in [0.1, 0.15) is 18.3 Å². The van der Waals surface area contributed by atoms with Crippen LogP contribution in [0.1, 0.15) is 45.9 Å². The molecule has 1 aromatic heterocycles. The van der Waals surface area contributed by atoms with Gasteiger partial charge in [0.05, 0.1) is 12.7 Å². The Morgan fingerprint density at radius 3 is 2.64 bits per heavy atom. The largest absolute Gasteiger partial charge is 0.388 e. The lowest BCUT2D eigenvalue weighted by molar-refractivity contribution is -0.362. The molecule has 1 saturated heterocycles. The SMILES string of the molecule is C#Cc1cc2c(cc1Cc1ccc(CC)s1)[C@]1(OC2)O[C@H](C)[C@@H](O)[C@H](O)[C@H]1O. The van der Waals surface area contributed by atoms with E-state index in [1.54, 1.807) is 18.3 Å². The van der Waals surface area contributed by atoms with Gasteiger partial charge in [-0.25, -0.2) is 0 Å². The third-order valence-electron chi connectivity index (χ3n) is 5.64. The van der Waals surface area contributed by atoms with Crippen LogP contribution in [0.2, 0.25) is 0 Å². The van der Waals surface area contributed by atoms with E-state index in [0.717, 1.165) is 23.1 Å².